The quantitative estimate of drug-likeness (QED) is 0.111. The zero-order valence-electron chi connectivity index (χ0n) is 20.8. The number of nitrogens with two attached hydrogens (primary N) is 1. The van der Waals surface area contributed by atoms with Gasteiger partial charge >= 0.3 is 47.6 Å². The van der Waals surface area contributed by atoms with Crippen molar-refractivity contribution in [2.45, 2.75) is 29.0 Å². The van der Waals surface area contributed by atoms with Crippen LogP contribution in [0.1, 0.15) is 5.56 Å². The first-order valence-electron chi connectivity index (χ1n) is 11.6. The SMILES string of the molecule is Cn1nnnc1SCC1=C(C(=O)O)N2C(=O)[C@@H](NC(=O)Cc3ccc(NC(=O)OC[C@H](N)C(=O)O)cc3)[C@H]2SC1.[NaH]. The summed E-state index contributed by atoms with van der Waals surface area (Å²) in [4.78, 5) is 61.2. The molecule has 0 radical (unpaired) electrons. The topological polar surface area (TPSA) is 232 Å². The number of benzene rings is 1. The van der Waals surface area contributed by atoms with Crippen LogP contribution in [0.2, 0.25) is 0 Å². The van der Waals surface area contributed by atoms with Gasteiger partial charge in [0.25, 0.3) is 5.91 Å². The van der Waals surface area contributed by atoms with E-state index in [1.807, 2.05) is 0 Å². The van der Waals surface area contributed by atoms with Crippen molar-refractivity contribution < 1.29 is 38.9 Å². The van der Waals surface area contributed by atoms with Crippen LogP contribution < -0.4 is 16.4 Å². The van der Waals surface area contributed by atoms with Gasteiger partial charge in [-0.1, -0.05) is 23.9 Å². The Morgan fingerprint density at radius 3 is 2.56 bits per heavy atom. The average molecular weight is 617 g/mol. The van der Waals surface area contributed by atoms with Crippen molar-refractivity contribution in [2.75, 3.05) is 23.4 Å². The summed E-state index contributed by atoms with van der Waals surface area (Å²) in [6, 6.07) is 4.02. The molecule has 3 amide bonds. The van der Waals surface area contributed by atoms with Gasteiger partial charge in [0.15, 0.2) is 0 Å². The molecule has 3 atom stereocenters. The van der Waals surface area contributed by atoms with Gasteiger partial charge in [0, 0.05) is 24.2 Å². The Labute approximate surface area is 263 Å². The maximum atomic E-state index is 12.9. The van der Waals surface area contributed by atoms with Crippen LogP contribution in [0.5, 0.6) is 0 Å². The van der Waals surface area contributed by atoms with Crippen LogP contribution in [-0.4, -0.2) is 130 Å². The summed E-state index contributed by atoms with van der Waals surface area (Å²) >= 11 is 2.62. The molecule has 6 N–H and O–H groups in total. The van der Waals surface area contributed by atoms with Crippen molar-refractivity contribution >= 4 is 88.6 Å². The number of carboxylic acid groups (broad SMARTS) is 2. The van der Waals surface area contributed by atoms with Gasteiger partial charge in [-0.15, -0.1) is 16.9 Å². The molecule has 0 unspecified atom stereocenters. The zero-order chi connectivity index (χ0) is 29.0. The molecule has 41 heavy (non-hydrogen) atoms. The summed E-state index contributed by atoms with van der Waals surface area (Å²) in [5.74, 6) is -2.82. The second-order valence-electron chi connectivity index (χ2n) is 8.63. The molecule has 2 aromatic rings. The molecule has 1 aromatic carbocycles. The molecule has 0 spiro atoms. The molecule has 4 rings (SSSR count). The van der Waals surface area contributed by atoms with Gasteiger partial charge < -0.3 is 26.0 Å². The van der Waals surface area contributed by atoms with E-state index in [1.165, 1.54) is 45.2 Å². The van der Waals surface area contributed by atoms with Crippen LogP contribution in [-0.2, 0) is 37.4 Å². The number of carbonyl (C=O) groups excluding carboxylic acids is 3. The number of rotatable bonds is 11. The van der Waals surface area contributed by atoms with Crippen molar-refractivity contribution in [3.8, 4) is 0 Å². The number of thioether (sulfide) groups is 2. The monoisotopic (exact) mass is 616 g/mol. The van der Waals surface area contributed by atoms with Gasteiger partial charge in [-0.05, 0) is 33.7 Å². The molecule has 3 heterocycles. The number of aromatic nitrogens is 4. The van der Waals surface area contributed by atoms with Gasteiger partial charge in [-0.25, -0.2) is 14.3 Å². The third-order valence-electron chi connectivity index (χ3n) is 5.80. The van der Waals surface area contributed by atoms with Crippen LogP contribution in [0, 0.1) is 0 Å². The van der Waals surface area contributed by atoms with E-state index in [0.717, 1.165) is 0 Å². The van der Waals surface area contributed by atoms with Crippen molar-refractivity contribution in [1.82, 2.24) is 30.4 Å². The van der Waals surface area contributed by atoms with E-state index in [2.05, 4.69) is 26.2 Å². The van der Waals surface area contributed by atoms with Gasteiger partial charge in [0.1, 0.15) is 29.8 Å². The van der Waals surface area contributed by atoms with Gasteiger partial charge in [0.2, 0.25) is 11.1 Å². The molecule has 214 valence electrons. The molecule has 0 aliphatic carbocycles. The molecular formula is C22H25N8NaO8S2. The van der Waals surface area contributed by atoms with Crippen LogP contribution in [0.3, 0.4) is 0 Å². The Bertz CT molecular complexity index is 1370. The average Bonchev–Trinajstić information content (AvgIpc) is 3.33. The van der Waals surface area contributed by atoms with Crippen molar-refractivity contribution in [3.05, 3.63) is 41.1 Å². The maximum absolute atomic E-state index is 12.9. The minimum absolute atomic E-state index is 0. The van der Waals surface area contributed by atoms with Crippen LogP contribution in [0.15, 0.2) is 40.7 Å². The number of aryl methyl sites for hydroxylation is 1. The molecule has 2 aliphatic rings. The van der Waals surface area contributed by atoms with E-state index in [1.54, 1.807) is 19.2 Å². The second kappa shape index (κ2) is 14.1. The summed E-state index contributed by atoms with van der Waals surface area (Å²) in [5, 5.41) is 34.7. The van der Waals surface area contributed by atoms with Crippen LogP contribution in [0.4, 0.5) is 10.5 Å². The van der Waals surface area contributed by atoms with E-state index in [4.69, 9.17) is 15.6 Å². The van der Waals surface area contributed by atoms with Gasteiger partial charge in [-0.3, -0.25) is 24.6 Å². The number of nitrogens with zero attached hydrogens (tertiary/aromatic N) is 5. The number of amides is 3. The van der Waals surface area contributed by atoms with Gasteiger partial charge in [-0.2, -0.15) is 0 Å². The number of ether oxygens (including phenoxy) is 1. The predicted molar refractivity (Wildman–Crippen MR) is 147 cm³/mol. The molecular weight excluding hydrogens is 591 g/mol. The Morgan fingerprint density at radius 2 is 1.95 bits per heavy atom. The normalized spacial score (nSPS) is 18.4. The predicted octanol–water partition coefficient (Wildman–Crippen LogP) is -1.40. The van der Waals surface area contributed by atoms with Crippen LogP contribution >= 0.6 is 23.5 Å². The number of β-lactam (4-membered cyclic amide) rings is 1. The number of carboxylic acids is 2. The van der Waals surface area contributed by atoms with Gasteiger partial charge in [0.05, 0.1) is 6.42 Å². The molecule has 0 saturated carbocycles. The first kappa shape index (κ1) is 32.4. The Kier molecular flexibility index (Phi) is 11.2. The fourth-order valence-corrected chi connectivity index (χ4v) is 6.13. The Balaban J connectivity index is 0.00000462. The van der Waals surface area contributed by atoms with Crippen molar-refractivity contribution in [2.24, 2.45) is 12.8 Å². The fourth-order valence-electron chi connectivity index (χ4n) is 3.80. The summed E-state index contributed by atoms with van der Waals surface area (Å²) in [7, 11) is 1.66. The molecule has 16 nitrogen and oxygen atoms in total. The Morgan fingerprint density at radius 1 is 1.24 bits per heavy atom. The number of aliphatic carboxylic acids is 2. The first-order chi connectivity index (χ1) is 19.0. The molecule has 1 fully saturated rings. The fraction of sp³-hybridized carbons (Fsp3) is 0.364. The number of fused-ring (bicyclic) bond motifs is 1. The number of hydrogen-bond acceptors (Lipinski definition) is 12. The molecule has 1 saturated heterocycles. The summed E-state index contributed by atoms with van der Waals surface area (Å²) in [6.07, 6.45) is -0.948. The number of tetrazole rings is 1. The number of anilines is 1. The van der Waals surface area contributed by atoms with Crippen molar-refractivity contribution in [3.63, 3.8) is 0 Å². The number of nitrogens with one attached hydrogen (secondary N) is 2. The van der Waals surface area contributed by atoms with E-state index >= 15 is 0 Å². The molecule has 1 aromatic heterocycles. The molecule has 19 heteroatoms. The number of carbonyl (C=O) groups is 5. The van der Waals surface area contributed by atoms with Crippen LogP contribution in [0.25, 0.3) is 0 Å². The number of hydrogen-bond donors (Lipinski definition) is 5. The van der Waals surface area contributed by atoms with E-state index in [-0.39, 0.29) is 47.4 Å². The Hall–Kier alpha value is -3.16. The second-order valence-corrected chi connectivity index (χ2v) is 10.7. The summed E-state index contributed by atoms with van der Waals surface area (Å²) in [6.45, 7) is -0.499. The molecule has 2 aliphatic heterocycles. The zero-order valence-corrected chi connectivity index (χ0v) is 22.5. The van der Waals surface area contributed by atoms with Crippen molar-refractivity contribution in [1.29, 1.82) is 0 Å². The standard InChI is InChI=1S/C22H24N8O8S2.Na.H/c1-29-21(26-27-28-29)40-9-11-8-39-18-15(17(32)30(18)16(11)20(35)36)25-14(31)6-10-2-4-12(5-3-10)24-22(37)38-7-13(23)19(33)34;;/h2-5,13,15,18H,6-9,23H2,1H3,(H,24,37)(H,25,31)(H,33,34)(H,35,36);;/t13-,15+,18+;;/m0../s1. The van der Waals surface area contributed by atoms with E-state index in [9.17, 15) is 29.1 Å². The summed E-state index contributed by atoms with van der Waals surface area (Å²) < 4.78 is 6.20. The first-order valence-corrected chi connectivity index (χ1v) is 13.6. The third-order valence-corrected chi connectivity index (χ3v) is 8.24. The van der Waals surface area contributed by atoms with E-state index < -0.39 is 53.9 Å². The molecule has 0 bridgehead atoms. The van der Waals surface area contributed by atoms with E-state index in [0.29, 0.717) is 27.7 Å². The third kappa shape index (κ3) is 7.77. The summed E-state index contributed by atoms with van der Waals surface area (Å²) in [5.41, 5.74) is 6.68. The minimum atomic E-state index is -1.34.